The zero-order valence-electron chi connectivity index (χ0n) is 13.3. The SMILES string of the molecule is Cc1ccccc1NC(=O)Cn1cncc(C(=O)NC2CC2)c1=O. The molecule has 1 aliphatic rings. The summed E-state index contributed by atoms with van der Waals surface area (Å²) in [5, 5.41) is 5.50. The van der Waals surface area contributed by atoms with Gasteiger partial charge in [0.2, 0.25) is 5.91 Å². The second kappa shape index (κ2) is 6.66. The van der Waals surface area contributed by atoms with Gasteiger partial charge in [-0.1, -0.05) is 18.2 Å². The van der Waals surface area contributed by atoms with Crippen LogP contribution in [-0.2, 0) is 11.3 Å². The Balaban J connectivity index is 1.72. The van der Waals surface area contributed by atoms with Gasteiger partial charge >= 0.3 is 0 Å². The third kappa shape index (κ3) is 3.68. The number of aromatic nitrogens is 2. The molecule has 2 N–H and O–H groups in total. The summed E-state index contributed by atoms with van der Waals surface area (Å²) in [7, 11) is 0. The molecule has 24 heavy (non-hydrogen) atoms. The molecule has 0 bridgehead atoms. The number of carbonyl (C=O) groups excluding carboxylic acids is 2. The summed E-state index contributed by atoms with van der Waals surface area (Å²) in [4.78, 5) is 40.4. The third-order valence-electron chi connectivity index (χ3n) is 3.79. The molecule has 0 atom stereocenters. The number of para-hydroxylation sites is 1. The second-order valence-electron chi connectivity index (χ2n) is 5.85. The van der Waals surface area contributed by atoms with Gasteiger partial charge in [-0.15, -0.1) is 0 Å². The van der Waals surface area contributed by atoms with Crippen LogP contribution in [-0.4, -0.2) is 27.4 Å². The lowest BCUT2D eigenvalue weighted by molar-refractivity contribution is -0.116. The maximum absolute atomic E-state index is 12.3. The highest BCUT2D eigenvalue weighted by atomic mass is 16.2. The average Bonchev–Trinajstić information content (AvgIpc) is 3.35. The number of nitrogens with one attached hydrogen (secondary N) is 2. The molecule has 3 rings (SSSR count). The topological polar surface area (TPSA) is 93.1 Å². The van der Waals surface area contributed by atoms with Gasteiger partial charge in [0.05, 0.1) is 6.33 Å². The fourth-order valence-corrected chi connectivity index (χ4v) is 2.27. The minimum absolute atomic E-state index is 0.0481. The van der Waals surface area contributed by atoms with Crippen molar-refractivity contribution in [3.05, 3.63) is 58.3 Å². The quantitative estimate of drug-likeness (QED) is 0.860. The van der Waals surface area contributed by atoms with Gasteiger partial charge in [0.15, 0.2) is 0 Å². The van der Waals surface area contributed by atoms with Crippen LogP contribution in [0.25, 0.3) is 0 Å². The predicted octanol–water partition coefficient (Wildman–Crippen LogP) is 1.08. The van der Waals surface area contributed by atoms with Gasteiger partial charge < -0.3 is 10.6 Å². The third-order valence-corrected chi connectivity index (χ3v) is 3.79. The van der Waals surface area contributed by atoms with Crippen LogP contribution in [0, 0.1) is 6.92 Å². The number of carbonyl (C=O) groups is 2. The number of hydrogen-bond donors (Lipinski definition) is 2. The highest BCUT2D eigenvalue weighted by Crippen LogP contribution is 2.18. The van der Waals surface area contributed by atoms with Crippen molar-refractivity contribution in [3.63, 3.8) is 0 Å². The number of hydrogen-bond acceptors (Lipinski definition) is 4. The summed E-state index contributed by atoms with van der Waals surface area (Å²) in [5.41, 5.74) is 1.04. The summed E-state index contributed by atoms with van der Waals surface area (Å²) < 4.78 is 1.13. The Morgan fingerprint density at radius 2 is 2.04 bits per heavy atom. The van der Waals surface area contributed by atoms with Gasteiger partial charge in [-0.05, 0) is 31.4 Å². The summed E-state index contributed by atoms with van der Waals surface area (Å²) >= 11 is 0. The van der Waals surface area contributed by atoms with Crippen LogP contribution in [0.5, 0.6) is 0 Å². The molecule has 2 amide bonds. The molecule has 0 spiro atoms. The molecule has 1 aliphatic carbocycles. The Kier molecular flexibility index (Phi) is 4.41. The van der Waals surface area contributed by atoms with Crippen molar-refractivity contribution >= 4 is 17.5 Å². The predicted molar refractivity (Wildman–Crippen MR) is 88.8 cm³/mol. The van der Waals surface area contributed by atoms with E-state index in [0.29, 0.717) is 5.69 Å². The first-order valence-electron chi connectivity index (χ1n) is 7.75. The van der Waals surface area contributed by atoms with Crippen LogP contribution < -0.4 is 16.2 Å². The first kappa shape index (κ1) is 15.9. The van der Waals surface area contributed by atoms with Crippen LogP contribution in [0.2, 0.25) is 0 Å². The molecule has 1 aromatic heterocycles. The Bertz CT molecular complexity index is 840. The normalized spacial score (nSPS) is 13.4. The molecule has 0 saturated heterocycles. The van der Waals surface area contributed by atoms with Crippen LogP contribution in [0.15, 0.2) is 41.6 Å². The maximum atomic E-state index is 12.3. The molecular formula is C17H18N4O3. The second-order valence-corrected chi connectivity index (χ2v) is 5.85. The summed E-state index contributed by atoms with van der Waals surface area (Å²) in [6.07, 6.45) is 4.35. The lowest BCUT2D eigenvalue weighted by Crippen LogP contribution is -2.36. The monoisotopic (exact) mass is 326 g/mol. The molecule has 124 valence electrons. The van der Waals surface area contributed by atoms with E-state index in [1.807, 2.05) is 25.1 Å². The summed E-state index contributed by atoms with van der Waals surface area (Å²) in [6, 6.07) is 7.51. The largest absolute Gasteiger partial charge is 0.349 e. The molecular weight excluding hydrogens is 308 g/mol. The van der Waals surface area contributed by atoms with Gasteiger partial charge in [0.1, 0.15) is 12.1 Å². The number of nitrogens with zero attached hydrogens (tertiary/aromatic N) is 2. The van der Waals surface area contributed by atoms with Gasteiger partial charge in [-0.3, -0.25) is 19.0 Å². The van der Waals surface area contributed by atoms with E-state index < -0.39 is 11.5 Å². The lowest BCUT2D eigenvalue weighted by atomic mass is 10.2. The highest BCUT2D eigenvalue weighted by molar-refractivity contribution is 5.94. The summed E-state index contributed by atoms with van der Waals surface area (Å²) in [5.74, 6) is -0.795. The van der Waals surface area contributed by atoms with E-state index in [9.17, 15) is 14.4 Å². The van der Waals surface area contributed by atoms with Crippen molar-refractivity contribution in [3.8, 4) is 0 Å². The van der Waals surface area contributed by atoms with Crippen LogP contribution in [0.3, 0.4) is 0 Å². The van der Waals surface area contributed by atoms with E-state index in [4.69, 9.17) is 0 Å². The molecule has 2 aromatic rings. The fraction of sp³-hybridized carbons (Fsp3) is 0.294. The van der Waals surface area contributed by atoms with E-state index in [0.717, 1.165) is 23.0 Å². The molecule has 1 aromatic carbocycles. The molecule has 1 fully saturated rings. The van der Waals surface area contributed by atoms with Crippen molar-refractivity contribution in [2.45, 2.75) is 32.4 Å². The molecule has 0 aliphatic heterocycles. The first-order chi connectivity index (χ1) is 11.5. The Morgan fingerprint density at radius 1 is 1.29 bits per heavy atom. The smallest absolute Gasteiger partial charge is 0.266 e. The maximum Gasteiger partial charge on any atom is 0.266 e. The molecule has 1 saturated carbocycles. The molecule has 0 radical (unpaired) electrons. The number of benzene rings is 1. The van der Waals surface area contributed by atoms with E-state index in [-0.39, 0.29) is 24.1 Å². The Labute approximate surface area is 138 Å². The number of amides is 2. The first-order valence-corrected chi connectivity index (χ1v) is 7.75. The van der Waals surface area contributed by atoms with Crippen molar-refractivity contribution < 1.29 is 9.59 Å². The number of anilines is 1. The van der Waals surface area contributed by atoms with E-state index in [2.05, 4.69) is 15.6 Å². The van der Waals surface area contributed by atoms with Crippen molar-refractivity contribution in [1.29, 1.82) is 0 Å². The van der Waals surface area contributed by atoms with Crippen LogP contribution in [0.4, 0.5) is 5.69 Å². The number of rotatable bonds is 5. The minimum Gasteiger partial charge on any atom is -0.349 e. The average molecular weight is 326 g/mol. The van der Waals surface area contributed by atoms with E-state index in [1.165, 1.54) is 12.5 Å². The Morgan fingerprint density at radius 3 is 2.75 bits per heavy atom. The van der Waals surface area contributed by atoms with Crippen molar-refractivity contribution in [2.75, 3.05) is 5.32 Å². The molecule has 0 unspecified atom stereocenters. The number of aryl methyl sites for hydroxylation is 1. The van der Waals surface area contributed by atoms with E-state index >= 15 is 0 Å². The minimum atomic E-state index is -0.525. The van der Waals surface area contributed by atoms with E-state index in [1.54, 1.807) is 6.07 Å². The molecule has 7 nitrogen and oxygen atoms in total. The molecule has 7 heteroatoms. The van der Waals surface area contributed by atoms with Crippen molar-refractivity contribution in [1.82, 2.24) is 14.9 Å². The highest BCUT2D eigenvalue weighted by Gasteiger charge is 2.25. The fourth-order valence-electron chi connectivity index (χ4n) is 2.27. The zero-order chi connectivity index (χ0) is 17.1. The standard InChI is InChI=1S/C17H18N4O3/c1-11-4-2-3-5-14(11)20-15(22)9-21-10-18-8-13(17(21)24)16(23)19-12-6-7-12/h2-5,8,10,12H,6-7,9H2,1H3,(H,19,23)(H,20,22). The lowest BCUT2D eigenvalue weighted by Gasteiger charge is -2.10. The molecule has 1 heterocycles. The van der Waals surface area contributed by atoms with Crippen LogP contribution in [0.1, 0.15) is 28.8 Å². The van der Waals surface area contributed by atoms with Crippen LogP contribution >= 0.6 is 0 Å². The van der Waals surface area contributed by atoms with Crippen molar-refractivity contribution in [2.24, 2.45) is 0 Å². The van der Waals surface area contributed by atoms with Gasteiger partial charge in [-0.25, -0.2) is 4.98 Å². The summed E-state index contributed by atoms with van der Waals surface area (Å²) in [6.45, 7) is 1.68. The Hall–Kier alpha value is -2.96. The van der Waals surface area contributed by atoms with Gasteiger partial charge in [-0.2, -0.15) is 0 Å². The van der Waals surface area contributed by atoms with Gasteiger partial charge in [0.25, 0.3) is 11.5 Å². The van der Waals surface area contributed by atoms with Gasteiger partial charge in [0, 0.05) is 17.9 Å². The zero-order valence-corrected chi connectivity index (χ0v) is 13.3.